The normalized spacial score (nSPS) is 34.0. The molecule has 0 radical (unpaired) electrons. The molecule has 2 aliphatic heterocycles. The molecule has 2 nitrogen and oxygen atoms in total. The fourth-order valence-corrected chi connectivity index (χ4v) is 1.59. The molecule has 0 saturated carbocycles. The summed E-state index contributed by atoms with van der Waals surface area (Å²) in [5.41, 5.74) is 1.18. The van der Waals surface area contributed by atoms with Gasteiger partial charge < -0.3 is 5.32 Å². The summed E-state index contributed by atoms with van der Waals surface area (Å²) >= 11 is 5.93. The van der Waals surface area contributed by atoms with Crippen LogP contribution in [-0.4, -0.2) is 12.4 Å². The summed E-state index contributed by atoms with van der Waals surface area (Å²) in [5, 5.41) is 3.95. The van der Waals surface area contributed by atoms with E-state index in [4.69, 9.17) is 11.6 Å². The van der Waals surface area contributed by atoms with Crippen molar-refractivity contribution in [3.8, 4) is 0 Å². The van der Waals surface area contributed by atoms with Crippen molar-refractivity contribution < 1.29 is 0 Å². The highest BCUT2D eigenvalue weighted by atomic mass is 35.5. The molecule has 0 amide bonds. The Morgan fingerprint density at radius 1 is 1.64 bits per heavy atom. The Kier molecular flexibility index (Phi) is 1.50. The van der Waals surface area contributed by atoms with Gasteiger partial charge in [0.05, 0.1) is 5.92 Å². The number of rotatable bonds is 0. The van der Waals surface area contributed by atoms with E-state index in [-0.39, 0.29) is 12.1 Å². The van der Waals surface area contributed by atoms with Crippen molar-refractivity contribution in [2.75, 3.05) is 0 Å². The lowest BCUT2D eigenvalue weighted by Gasteiger charge is -2.17. The molecule has 2 heterocycles. The summed E-state index contributed by atoms with van der Waals surface area (Å²) in [4.78, 5) is 4.28. The zero-order chi connectivity index (χ0) is 7.84. The Bertz CT molecular complexity index is 265. The molecule has 58 valence electrons. The van der Waals surface area contributed by atoms with Crippen LogP contribution >= 0.6 is 11.6 Å². The summed E-state index contributed by atoms with van der Waals surface area (Å²) < 4.78 is 0. The van der Waals surface area contributed by atoms with Gasteiger partial charge in [0.2, 0.25) is 0 Å². The number of hydrogen-bond acceptors (Lipinski definition) is 2. The first-order valence-corrected chi connectivity index (χ1v) is 3.98. The van der Waals surface area contributed by atoms with E-state index in [0.717, 1.165) is 5.03 Å². The molecule has 0 saturated heterocycles. The van der Waals surface area contributed by atoms with Crippen molar-refractivity contribution in [3.05, 3.63) is 22.9 Å². The molecule has 1 N–H and O–H groups in total. The number of nitrogens with zero attached hydrogens (tertiary/aromatic N) is 1. The van der Waals surface area contributed by atoms with Gasteiger partial charge in [-0.25, -0.2) is 0 Å². The minimum Gasteiger partial charge on any atom is -0.368 e. The van der Waals surface area contributed by atoms with Crippen LogP contribution in [0.5, 0.6) is 0 Å². The van der Waals surface area contributed by atoms with Gasteiger partial charge in [-0.2, -0.15) is 0 Å². The maximum atomic E-state index is 5.93. The highest BCUT2D eigenvalue weighted by molar-refractivity contribution is 6.30. The van der Waals surface area contributed by atoms with Gasteiger partial charge in [-0.05, 0) is 12.5 Å². The number of nitrogens with one attached hydrogen (secondary N) is 1. The van der Waals surface area contributed by atoms with Gasteiger partial charge in [0.15, 0.2) is 0 Å². The number of hydrogen-bond donors (Lipinski definition) is 1. The lowest BCUT2D eigenvalue weighted by atomic mass is 10.0. The second-order valence-electron chi connectivity index (χ2n) is 2.86. The van der Waals surface area contributed by atoms with E-state index >= 15 is 0 Å². The molecule has 3 heteroatoms. The van der Waals surface area contributed by atoms with Crippen LogP contribution in [0.1, 0.15) is 6.92 Å². The standard InChI is InChI=1S/C8H9ClN2/c1-5-2-6-7(9)4-11-8(6)10-3-5/h2-4,6,8,11H,1H3. The minimum absolute atomic E-state index is 0.145. The fourth-order valence-electron chi connectivity index (χ4n) is 1.35. The van der Waals surface area contributed by atoms with Crippen LogP contribution in [-0.2, 0) is 0 Å². The lowest BCUT2D eigenvalue weighted by Crippen LogP contribution is -2.26. The zero-order valence-electron chi connectivity index (χ0n) is 6.21. The van der Waals surface area contributed by atoms with Crippen molar-refractivity contribution in [2.45, 2.75) is 13.1 Å². The van der Waals surface area contributed by atoms with Crippen molar-refractivity contribution >= 4 is 17.8 Å². The van der Waals surface area contributed by atoms with Crippen LogP contribution in [0.15, 0.2) is 27.9 Å². The van der Waals surface area contributed by atoms with Crippen molar-refractivity contribution in [1.29, 1.82) is 0 Å². The van der Waals surface area contributed by atoms with Crippen LogP contribution in [0.25, 0.3) is 0 Å². The molecule has 0 aromatic carbocycles. The Labute approximate surface area is 70.7 Å². The van der Waals surface area contributed by atoms with Crippen LogP contribution in [0.2, 0.25) is 0 Å². The van der Waals surface area contributed by atoms with E-state index in [1.807, 2.05) is 19.3 Å². The van der Waals surface area contributed by atoms with Crippen LogP contribution in [0, 0.1) is 5.92 Å². The number of fused-ring (bicyclic) bond motifs is 1. The number of dihydropyridines is 1. The molecular weight excluding hydrogens is 160 g/mol. The second kappa shape index (κ2) is 2.38. The average Bonchev–Trinajstić information content (AvgIpc) is 2.33. The molecular formula is C8H9ClN2. The second-order valence-corrected chi connectivity index (χ2v) is 3.29. The number of halogens is 1. The molecule has 2 rings (SSSR count). The van der Waals surface area contributed by atoms with E-state index in [1.165, 1.54) is 5.57 Å². The van der Waals surface area contributed by atoms with Crippen LogP contribution in [0.3, 0.4) is 0 Å². The fraction of sp³-hybridized carbons (Fsp3) is 0.375. The van der Waals surface area contributed by atoms with Crippen LogP contribution in [0.4, 0.5) is 0 Å². The smallest absolute Gasteiger partial charge is 0.129 e. The highest BCUT2D eigenvalue weighted by Gasteiger charge is 2.27. The van der Waals surface area contributed by atoms with Gasteiger partial charge in [0.25, 0.3) is 0 Å². The summed E-state index contributed by atoms with van der Waals surface area (Å²) in [6.45, 7) is 2.03. The molecule has 0 spiro atoms. The largest absolute Gasteiger partial charge is 0.368 e. The highest BCUT2D eigenvalue weighted by Crippen LogP contribution is 2.29. The van der Waals surface area contributed by atoms with E-state index in [0.29, 0.717) is 0 Å². The van der Waals surface area contributed by atoms with E-state index in [1.54, 1.807) is 0 Å². The Hall–Kier alpha value is -0.760. The van der Waals surface area contributed by atoms with Crippen LogP contribution < -0.4 is 5.32 Å². The van der Waals surface area contributed by atoms with Gasteiger partial charge in [-0.3, -0.25) is 4.99 Å². The molecule has 0 aliphatic carbocycles. The van der Waals surface area contributed by atoms with Crippen molar-refractivity contribution in [2.24, 2.45) is 10.9 Å². The third kappa shape index (κ3) is 1.07. The summed E-state index contributed by atoms with van der Waals surface area (Å²) in [7, 11) is 0. The summed E-state index contributed by atoms with van der Waals surface area (Å²) in [6.07, 6.45) is 5.98. The van der Waals surface area contributed by atoms with Crippen molar-refractivity contribution in [3.63, 3.8) is 0 Å². The molecule has 0 aromatic rings. The molecule has 2 aliphatic rings. The molecule has 0 bridgehead atoms. The lowest BCUT2D eigenvalue weighted by molar-refractivity contribution is 0.565. The van der Waals surface area contributed by atoms with E-state index < -0.39 is 0 Å². The number of aliphatic imine (C=N–C) groups is 1. The Balaban J connectivity index is 2.29. The first-order chi connectivity index (χ1) is 5.27. The predicted molar refractivity (Wildman–Crippen MR) is 46.6 cm³/mol. The van der Waals surface area contributed by atoms with E-state index in [2.05, 4.69) is 16.4 Å². The zero-order valence-corrected chi connectivity index (χ0v) is 6.97. The predicted octanol–water partition coefficient (Wildman–Crippen LogP) is 1.64. The van der Waals surface area contributed by atoms with Gasteiger partial charge in [-0.1, -0.05) is 17.7 Å². The maximum Gasteiger partial charge on any atom is 0.129 e. The Morgan fingerprint density at radius 2 is 2.45 bits per heavy atom. The average molecular weight is 169 g/mol. The third-order valence-corrected chi connectivity index (χ3v) is 2.29. The topological polar surface area (TPSA) is 24.4 Å². The van der Waals surface area contributed by atoms with Gasteiger partial charge in [0.1, 0.15) is 6.17 Å². The first-order valence-electron chi connectivity index (χ1n) is 3.60. The first kappa shape index (κ1) is 6.92. The quantitative estimate of drug-likeness (QED) is 0.585. The molecule has 0 aromatic heterocycles. The maximum absolute atomic E-state index is 5.93. The third-order valence-electron chi connectivity index (χ3n) is 1.93. The minimum atomic E-state index is 0.145. The number of allylic oxidation sites excluding steroid dienone is 1. The van der Waals surface area contributed by atoms with Crippen molar-refractivity contribution in [1.82, 2.24) is 5.32 Å². The summed E-state index contributed by atoms with van der Waals surface area (Å²) in [6, 6.07) is 0. The monoisotopic (exact) mass is 168 g/mol. The molecule has 2 unspecified atom stereocenters. The van der Waals surface area contributed by atoms with Gasteiger partial charge >= 0.3 is 0 Å². The van der Waals surface area contributed by atoms with Gasteiger partial charge in [-0.15, -0.1) is 0 Å². The Morgan fingerprint density at radius 3 is 3.27 bits per heavy atom. The molecule has 2 atom stereocenters. The molecule has 11 heavy (non-hydrogen) atoms. The molecule has 0 fully saturated rings. The summed E-state index contributed by atoms with van der Waals surface area (Å²) in [5.74, 6) is 0.265. The van der Waals surface area contributed by atoms with E-state index in [9.17, 15) is 0 Å². The van der Waals surface area contributed by atoms with Gasteiger partial charge in [0, 0.05) is 17.4 Å². The SMILES string of the molecule is CC1=CC2C(Cl)=CNC2N=C1.